The summed E-state index contributed by atoms with van der Waals surface area (Å²) < 4.78 is 12.8. The monoisotopic (exact) mass is 414 g/mol. The fraction of sp³-hybridized carbons (Fsp3) is 0.235. The lowest BCUT2D eigenvalue weighted by atomic mass is 10.1. The Morgan fingerprint density at radius 1 is 1.27 bits per heavy atom. The molecule has 0 saturated heterocycles. The van der Waals surface area contributed by atoms with Crippen molar-refractivity contribution in [3.63, 3.8) is 0 Å². The summed E-state index contributed by atoms with van der Waals surface area (Å²) in [5.41, 5.74) is 0.633. The van der Waals surface area contributed by atoms with Gasteiger partial charge in [-0.05, 0) is 42.0 Å². The van der Waals surface area contributed by atoms with Gasteiger partial charge in [-0.2, -0.15) is 0 Å². The van der Waals surface area contributed by atoms with Crippen LogP contribution in [0.3, 0.4) is 0 Å². The van der Waals surface area contributed by atoms with E-state index >= 15 is 0 Å². The Bertz CT molecular complexity index is 762. The Hall–Kier alpha value is -1.77. The Morgan fingerprint density at radius 2 is 2.00 bits per heavy atom. The third kappa shape index (κ3) is 6.51. The summed E-state index contributed by atoms with van der Waals surface area (Å²) in [6.45, 7) is 0.375. The van der Waals surface area contributed by atoms with Crippen molar-refractivity contribution in [2.24, 2.45) is 5.18 Å². The minimum Gasteiger partial charge on any atom is -0.506 e. The molecule has 2 aromatic rings. The number of rotatable bonds is 9. The van der Waals surface area contributed by atoms with Crippen LogP contribution in [-0.2, 0) is 11.2 Å². The summed E-state index contributed by atoms with van der Waals surface area (Å²) in [5.74, 6) is -0.193. The van der Waals surface area contributed by atoms with Gasteiger partial charge in [-0.15, -0.1) is 4.91 Å². The van der Waals surface area contributed by atoms with E-state index in [9.17, 15) is 19.2 Å². The van der Waals surface area contributed by atoms with Crippen molar-refractivity contribution in [2.75, 3.05) is 12.3 Å². The summed E-state index contributed by atoms with van der Waals surface area (Å²) in [6.07, 6.45) is 0.104. The number of carbonyl (C=O) groups is 1. The molecular formula is C17H16ClFN2O3S2. The molecule has 138 valence electrons. The maximum atomic E-state index is 12.8. The second kappa shape index (κ2) is 10.4. The summed E-state index contributed by atoms with van der Waals surface area (Å²) in [4.78, 5) is 23.9. The highest BCUT2D eigenvalue weighted by Crippen LogP contribution is 2.30. The van der Waals surface area contributed by atoms with E-state index < -0.39 is 11.9 Å². The molecule has 9 heteroatoms. The lowest BCUT2D eigenvalue weighted by Gasteiger charge is -2.10. The van der Waals surface area contributed by atoms with Crippen LogP contribution in [0.15, 0.2) is 52.5 Å². The molecule has 0 bridgehead atoms. The second-order valence-corrected chi connectivity index (χ2v) is 8.16. The fourth-order valence-electron chi connectivity index (χ4n) is 2.01. The number of halogens is 2. The molecule has 1 amide bonds. The van der Waals surface area contributed by atoms with E-state index in [1.54, 1.807) is 18.2 Å². The highest BCUT2D eigenvalue weighted by molar-refractivity contribution is 8.76. The highest BCUT2D eigenvalue weighted by atomic mass is 35.5. The molecule has 0 aliphatic rings. The van der Waals surface area contributed by atoms with Crippen molar-refractivity contribution in [1.82, 2.24) is 5.32 Å². The molecule has 1 atom stereocenters. The first kappa shape index (κ1) is 20.5. The number of hydrogen-bond acceptors (Lipinski definition) is 6. The molecule has 2 rings (SSSR count). The second-order valence-electron chi connectivity index (χ2n) is 5.26. The molecule has 0 aliphatic heterocycles. The Labute approximate surface area is 163 Å². The van der Waals surface area contributed by atoms with E-state index in [1.807, 2.05) is 0 Å². The molecule has 0 aromatic heterocycles. The number of phenols is 1. The van der Waals surface area contributed by atoms with Crippen LogP contribution in [0, 0.1) is 10.7 Å². The number of amides is 1. The molecule has 26 heavy (non-hydrogen) atoms. The first-order chi connectivity index (χ1) is 12.5. The third-order valence-electron chi connectivity index (χ3n) is 3.32. The van der Waals surface area contributed by atoms with Crippen molar-refractivity contribution in [3.05, 3.63) is 63.8 Å². The number of nitrogens with zero attached hydrogens (tertiary/aromatic N) is 1. The predicted octanol–water partition coefficient (Wildman–Crippen LogP) is 4.42. The van der Waals surface area contributed by atoms with Gasteiger partial charge in [-0.25, -0.2) is 4.39 Å². The van der Waals surface area contributed by atoms with E-state index in [1.165, 1.54) is 45.9 Å². The summed E-state index contributed by atoms with van der Waals surface area (Å²) in [5, 5.41) is 15.1. The van der Waals surface area contributed by atoms with Crippen LogP contribution < -0.4 is 5.32 Å². The van der Waals surface area contributed by atoms with Crippen LogP contribution in [0.2, 0.25) is 5.02 Å². The molecule has 0 saturated carbocycles. The molecule has 2 aromatic carbocycles. The van der Waals surface area contributed by atoms with Gasteiger partial charge in [0.1, 0.15) is 11.6 Å². The van der Waals surface area contributed by atoms with E-state index in [0.717, 1.165) is 4.90 Å². The van der Waals surface area contributed by atoms with Gasteiger partial charge in [-0.1, -0.05) is 44.4 Å². The van der Waals surface area contributed by atoms with Gasteiger partial charge in [-0.3, -0.25) is 4.79 Å². The zero-order valence-electron chi connectivity index (χ0n) is 13.5. The van der Waals surface area contributed by atoms with Crippen molar-refractivity contribution < 1.29 is 14.3 Å². The van der Waals surface area contributed by atoms with Crippen molar-refractivity contribution in [1.29, 1.82) is 0 Å². The van der Waals surface area contributed by atoms with E-state index in [2.05, 4.69) is 10.5 Å². The summed E-state index contributed by atoms with van der Waals surface area (Å²) >= 11 is 5.81. The normalized spacial score (nSPS) is 11.8. The van der Waals surface area contributed by atoms with Gasteiger partial charge in [0.15, 0.2) is 6.04 Å². The largest absolute Gasteiger partial charge is 0.506 e. The number of benzene rings is 2. The number of phenolic OH excluding ortho intramolecular Hbond substituents is 1. The van der Waals surface area contributed by atoms with Gasteiger partial charge in [0.05, 0.1) is 5.02 Å². The van der Waals surface area contributed by atoms with Crippen molar-refractivity contribution in [3.8, 4) is 5.75 Å². The molecule has 0 spiro atoms. The standard InChI is InChI=1S/C17H16ClFN2O3S2/c18-14-9-11(1-6-16(14)22)10-15(21-24)17(23)20-7-8-25-26-13-4-2-12(19)3-5-13/h1-6,9,15,22H,7-8,10H2,(H,20,23). The van der Waals surface area contributed by atoms with Gasteiger partial charge in [0.25, 0.3) is 0 Å². The first-order valence-electron chi connectivity index (χ1n) is 7.62. The van der Waals surface area contributed by atoms with E-state index in [4.69, 9.17) is 11.6 Å². The zero-order valence-corrected chi connectivity index (χ0v) is 15.9. The van der Waals surface area contributed by atoms with E-state index in [0.29, 0.717) is 17.9 Å². The zero-order chi connectivity index (χ0) is 18.9. The van der Waals surface area contributed by atoms with Crippen LogP contribution in [0.4, 0.5) is 4.39 Å². The number of nitroso groups, excluding NO2 is 1. The van der Waals surface area contributed by atoms with Crippen LogP contribution in [-0.4, -0.2) is 29.4 Å². The lowest BCUT2D eigenvalue weighted by Crippen LogP contribution is -2.35. The number of carbonyl (C=O) groups excluding carboxylic acids is 1. The number of nitrogens with one attached hydrogen (secondary N) is 1. The molecule has 0 heterocycles. The SMILES string of the molecule is O=NC(Cc1ccc(O)c(Cl)c1)C(=O)NCCSSc1ccc(F)cc1. The minimum absolute atomic E-state index is 0.0637. The molecule has 0 radical (unpaired) electrons. The van der Waals surface area contributed by atoms with Gasteiger partial charge in [0.2, 0.25) is 5.91 Å². The lowest BCUT2D eigenvalue weighted by molar-refractivity contribution is -0.122. The highest BCUT2D eigenvalue weighted by Gasteiger charge is 2.19. The predicted molar refractivity (Wildman–Crippen MR) is 104 cm³/mol. The average molecular weight is 415 g/mol. The van der Waals surface area contributed by atoms with Crippen LogP contribution in [0.25, 0.3) is 0 Å². The summed E-state index contributed by atoms with van der Waals surface area (Å²) in [6, 6.07) is 9.56. The number of hydrogen-bond donors (Lipinski definition) is 2. The average Bonchev–Trinajstić information content (AvgIpc) is 2.63. The van der Waals surface area contributed by atoms with Gasteiger partial charge < -0.3 is 10.4 Å². The minimum atomic E-state index is -1.06. The smallest absolute Gasteiger partial charge is 0.248 e. The van der Waals surface area contributed by atoms with E-state index in [-0.39, 0.29) is 23.0 Å². The molecule has 2 N–H and O–H groups in total. The van der Waals surface area contributed by atoms with Gasteiger partial charge >= 0.3 is 0 Å². The molecule has 0 aliphatic carbocycles. The number of aromatic hydroxyl groups is 1. The van der Waals surface area contributed by atoms with Crippen LogP contribution >= 0.6 is 33.2 Å². The molecule has 1 unspecified atom stereocenters. The topological polar surface area (TPSA) is 78.8 Å². The molecule has 0 fully saturated rings. The molecule has 5 nitrogen and oxygen atoms in total. The van der Waals surface area contributed by atoms with Crippen molar-refractivity contribution >= 4 is 39.1 Å². The maximum Gasteiger partial charge on any atom is 0.248 e. The summed E-state index contributed by atoms with van der Waals surface area (Å²) in [7, 11) is 2.98. The van der Waals surface area contributed by atoms with Crippen molar-refractivity contribution in [2.45, 2.75) is 17.4 Å². The van der Waals surface area contributed by atoms with Gasteiger partial charge in [0, 0.05) is 23.6 Å². The molecular weight excluding hydrogens is 399 g/mol. The van der Waals surface area contributed by atoms with Crippen LogP contribution in [0.1, 0.15) is 5.56 Å². The maximum absolute atomic E-state index is 12.8. The van der Waals surface area contributed by atoms with Crippen LogP contribution in [0.5, 0.6) is 5.75 Å². The Balaban J connectivity index is 1.73. The fourth-order valence-corrected chi connectivity index (χ4v) is 4.11. The first-order valence-corrected chi connectivity index (χ1v) is 10.3. The third-order valence-corrected chi connectivity index (χ3v) is 6.01. The Kier molecular flexibility index (Phi) is 8.21. The quantitative estimate of drug-likeness (QED) is 0.361. The Morgan fingerprint density at radius 3 is 2.65 bits per heavy atom.